The van der Waals surface area contributed by atoms with Gasteiger partial charge in [-0.3, -0.25) is 0 Å². The second kappa shape index (κ2) is 3.65. The number of H-pyrrole nitrogens is 1. The van der Waals surface area contributed by atoms with Crippen LogP contribution in [0.5, 0.6) is 0 Å². The van der Waals surface area contributed by atoms with E-state index in [1.807, 2.05) is 17.9 Å². The van der Waals surface area contributed by atoms with Crippen LogP contribution in [0, 0.1) is 12.8 Å². The van der Waals surface area contributed by atoms with E-state index in [1.165, 1.54) is 6.33 Å². The lowest BCUT2D eigenvalue weighted by Crippen LogP contribution is -2.50. The standard InChI is InChI=1S/C11H12F2N4/c1-6-2-8-9(16-6)11(15-5-14-8)17-3-7(4-17)10(12)13/h2,5,7,10,16H,3-4H2,1H3. The molecule has 0 atom stereocenters. The number of nitrogens with zero attached hydrogens (tertiary/aromatic N) is 3. The van der Waals surface area contributed by atoms with Crippen molar-refractivity contribution in [3.8, 4) is 0 Å². The van der Waals surface area contributed by atoms with Gasteiger partial charge in [0.15, 0.2) is 5.82 Å². The van der Waals surface area contributed by atoms with Crippen molar-refractivity contribution < 1.29 is 8.78 Å². The van der Waals surface area contributed by atoms with Crippen LogP contribution in [0.3, 0.4) is 0 Å². The third kappa shape index (κ3) is 1.64. The maximum Gasteiger partial charge on any atom is 0.244 e. The molecular weight excluding hydrogens is 226 g/mol. The molecule has 1 N–H and O–H groups in total. The van der Waals surface area contributed by atoms with Crippen LogP contribution in [0.4, 0.5) is 14.6 Å². The zero-order chi connectivity index (χ0) is 12.0. The van der Waals surface area contributed by atoms with Crippen LogP contribution in [0.1, 0.15) is 5.69 Å². The first kappa shape index (κ1) is 10.4. The molecule has 0 unspecified atom stereocenters. The van der Waals surface area contributed by atoms with Crippen molar-refractivity contribution in [2.24, 2.45) is 5.92 Å². The zero-order valence-corrected chi connectivity index (χ0v) is 9.32. The molecule has 0 saturated carbocycles. The summed E-state index contributed by atoms with van der Waals surface area (Å²) in [6, 6.07) is 1.92. The highest BCUT2D eigenvalue weighted by Crippen LogP contribution is 2.30. The summed E-state index contributed by atoms with van der Waals surface area (Å²) in [4.78, 5) is 13.3. The molecule has 2 aromatic heterocycles. The van der Waals surface area contributed by atoms with E-state index in [-0.39, 0.29) is 0 Å². The molecule has 0 radical (unpaired) electrons. The molecule has 3 rings (SSSR count). The molecule has 1 aliphatic heterocycles. The fraction of sp³-hybridized carbons (Fsp3) is 0.455. The van der Waals surface area contributed by atoms with Crippen LogP contribution < -0.4 is 4.90 Å². The number of aromatic amines is 1. The first-order valence-electron chi connectivity index (χ1n) is 5.48. The number of aromatic nitrogens is 3. The fourth-order valence-electron chi connectivity index (χ4n) is 2.14. The minimum Gasteiger partial charge on any atom is -0.354 e. The van der Waals surface area contributed by atoms with Crippen molar-refractivity contribution in [3.63, 3.8) is 0 Å². The molecule has 17 heavy (non-hydrogen) atoms. The van der Waals surface area contributed by atoms with E-state index < -0.39 is 12.3 Å². The highest BCUT2D eigenvalue weighted by molar-refractivity contribution is 5.87. The van der Waals surface area contributed by atoms with Crippen LogP contribution >= 0.6 is 0 Å². The Balaban J connectivity index is 1.91. The lowest BCUT2D eigenvalue weighted by Gasteiger charge is -2.39. The van der Waals surface area contributed by atoms with Gasteiger partial charge in [0.2, 0.25) is 6.43 Å². The maximum absolute atomic E-state index is 12.4. The van der Waals surface area contributed by atoms with Gasteiger partial charge in [0.1, 0.15) is 11.8 Å². The monoisotopic (exact) mass is 238 g/mol. The fourth-order valence-corrected chi connectivity index (χ4v) is 2.14. The quantitative estimate of drug-likeness (QED) is 0.870. The van der Waals surface area contributed by atoms with Gasteiger partial charge in [-0.25, -0.2) is 18.7 Å². The summed E-state index contributed by atoms with van der Waals surface area (Å²) in [5, 5.41) is 0. The molecule has 3 heterocycles. The average Bonchev–Trinajstić information content (AvgIpc) is 2.56. The van der Waals surface area contributed by atoms with Gasteiger partial charge in [0.05, 0.1) is 11.4 Å². The molecule has 0 aromatic carbocycles. The molecular formula is C11H12F2N4. The number of anilines is 1. The van der Waals surface area contributed by atoms with Gasteiger partial charge in [0, 0.05) is 18.8 Å². The highest BCUT2D eigenvalue weighted by Gasteiger charge is 2.35. The molecule has 2 aromatic rings. The molecule has 1 aliphatic rings. The molecule has 0 amide bonds. The summed E-state index contributed by atoms with van der Waals surface area (Å²) < 4.78 is 24.8. The van der Waals surface area contributed by atoms with E-state index in [0.29, 0.717) is 13.1 Å². The van der Waals surface area contributed by atoms with Crippen LogP contribution in [-0.2, 0) is 0 Å². The van der Waals surface area contributed by atoms with Crippen LogP contribution in [-0.4, -0.2) is 34.5 Å². The van der Waals surface area contributed by atoms with Gasteiger partial charge in [-0.05, 0) is 13.0 Å². The number of hydrogen-bond donors (Lipinski definition) is 1. The number of aryl methyl sites for hydroxylation is 1. The van der Waals surface area contributed by atoms with Gasteiger partial charge in [0.25, 0.3) is 0 Å². The van der Waals surface area contributed by atoms with Gasteiger partial charge >= 0.3 is 0 Å². The van der Waals surface area contributed by atoms with Gasteiger partial charge in [-0.15, -0.1) is 0 Å². The third-order valence-electron chi connectivity index (χ3n) is 3.10. The van der Waals surface area contributed by atoms with Gasteiger partial charge in [-0.1, -0.05) is 0 Å². The minimum atomic E-state index is -2.24. The second-order valence-electron chi connectivity index (χ2n) is 4.41. The Bertz CT molecular complexity index is 545. The Morgan fingerprint density at radius 3 is 2.88 bits per heavy atom. The summed E-state index contributed by atoms with van der Waals surface area (Å²) in [5.41, 5.74) is 2.65. The third-order valence-corrected chi connectivity index (χ3v) is 3.10. The first-order chi connectivity index (χ1) is 8.15. The van der Waals surface area contributed by atoms with Crippen molar-refractivity contribution in [1.82, 2.24) is 15.0 Å². The maximum atomic E-state index is 12.4. The predicted octanol–water partition coefficient (Wildman–Crippen LogP) is 1.97. The Kier molecular flexibility index (Phi) is 2.24. The van der Waals surface area contributed by atoms with E-state index >= 15 is 0 Å². The zero-order valence-electron chi connectivity index (χ0n) is 9.32. The summed E-state index contributed by atoms with van der Waals surface area (Å²) in [6.07, 6.45) is -0.769. The van der Waals surface area contributed by atoms with Crippen LogP contribution in [0.2, 0.25) is 0 Å². The molecule has 0 bridgehead atoms. The highest BCUT2D eigenvalue weighted by atomic mass is 19.3. The largest absolute Gasteiger partial charge is 0.354 e. The number of alkyl halides is 2. The number of hydrogen-bond acceptors (Lipinski definition) is 3. The number of nitrogens with one attached hydrogen (secondary N) is 1. The summed E-state index contributed by atoms with van der Waals surface area (Å²) in [5.74, 6) is 0.191. The molecule has 0 spiro atoms. The topological polar surface area (TPSA) is 44.8 Å². The van der Waals surface area contributed by atoms with E-state index in [4.69, 9.17) is 0 Å². The Morgan fingerprint density at radius 1 is 1.41 bits per heavy atom. The molecule has 4 nitrogen and oxygen atoms in total. The van der Waals surface area contributed by atoms with Gasteiger partial charge in [-0.2, -0.15) is 0 Å². The number of fused-ring (bicyclic) bond motifs is 1. The lowest BCUT2D eigenvalue weighted by molar-refractivity contribution is 0.0612. The number of rotatable bonds is 2. The van der Waals surface area contributed by atoms with Crippen molar-refractivity contribution in [3.05, 3.63) is 18.1 Å². The summed E-state index contributed by atoms with van der Waals surface area (Å²) in [6.45, 7) is 2.66. The Hall–Kier alpha value is -1.72. The Labute approximate surface area is 96.7 Å². The lowest BCUT2D eigenvalue weighted by atomic mass is 10.0. The summed E-state index contributed by atoms with van der Waals surface area (Å²) in [7, 11) is 0. The van der Waals surface area contributed by atoms with Crippen molar-refractivity contribution >= 4 is 16.9 Å². The van der Waals surface area contributed by atoms with E-state index in [0.717, 1.165) is 22.5 Å². The van der Waals surface area contributed by atoms with E-state index in [1.54, 1.807) is 0 Å². The van der Waals surface area contributed by atoms with E-state index in [9.17, 15) is 8.78 Å². The molecule has 90 valence electrons. The molecule has 1 fully saturated rings. The van der Waals surface area contributed by atoms with Crippen LogP contribution in [0.25, 0.3) is 11.0 Å². The molecule has 1 saturated heterocycles. The minimum absolute atomic E-state index is 0.363. The van der Waals surface area contributed by atoms with Crippen molar-refractivity contribution in [2.75, 3.05) is 18.0 Å². The number of halogens is 2. The SMILES string of the molecule is Cc1cc2ncnc(N3CC(C(F)F)C3)c2[nH]1. The molecule has 0 aliphatic carbocycles. The first-order valence-corrected chi connectivity index (χ1v) is 5.48. The smallest absolute Gasteiger partial charge is 0.244 e. The summed E-state index contributed by atoms with van der Waals surface area (Å²) >= 11 is 0. The van der Waals surface area contributed by atoms with Gasteiger partial charge < -0.3 is 9.88 Å². The van der Waals surface area contributed by atoms with Crippen molar-refractivity contribution in [2.45, 2.75) is 13.3 Å². The second-order valence-corrected chi connectivity index (χ2v) is 4.41. The normalized spacial score (nSPS) is 16.8. The molecule has 6 heteroatoms. The van der Waals surface area contributed by atoms with E-state index in [2.05, 4.69) is 15.0 Å². The van der Waals surface area contributed by atoms with Crippen molar-refractivity contribution in [1.29, 1.82) is 0 Å². The average molecular weight is 238 g/mol. The predicted molar refractivity (Wildman–Crippen MR) is 60.3 cm³/mol. The van der Waals surface area contributed by atoms with Crippen LogP contribution in [0.15, 0.2) is 12.4 Å². The Morgan fingerprint density at radius 2 is 2.18 bits per heavy atom.